The van der Waals surface area contributed by atoms with Gasteiger partial charge in [0.25, 0.3) is 5.91 Å². The molecule has 23 heavy (non-hydrogen) atoms. The molecule has 2 atom stereocenters. The van der Waals surface area contributed by atoms with Crippen LogP contribution < -0.4 is 11.1 Å². The van der Waals surface area contributed by atoms with E-state index >= 15 is 0 Å². The highest BCUT2D eigenvalue weighted by Crippen LogP contribution is 2.22. The number of hydrogen-bond acceptors (Lipinski definition) is 6. The maximum Gasteiger partial charge on any atom is 0.271 e. The molecule has 0 unspecified atom stereocenters. The molecule has 0 spiro atoms. The number of allylic oxidation sites excluding steroid dienone is 1. The van der Waals surface area contributed by atoms with Crippen LogP contribution >= 0.6 is 11.3 Å². The number of thiazole rings is 1. The molecular formula is C15H15N5O2S. The van der Waals surface area contributed by atoms with E-state index in [4.69, 9.17) is 5.73 Å². The average Bonchev–Trinajstić information content (AvgIpc) is 3.06. The van der Waals surface area contributed by atoms with E-state index in [1.807, 2.05) is 12.2 Å². The molecule has 0 aliphatic heterocycles. The van der Waals surface area contributed by atoms with Crippen LogP contribution in [0.25, 0.3) is 10.8 Å². The number of hydrogen-bond donors (Lipinski definition) is 2. The number of nitrogens with one attached hydrogen (secondary N) is 1. The highest BCUT2D eigenvalue weighted by molar-refractivity contribution is 7.13. The summed E-state index contributed by atoms with van der Waals surface area (Å²) in [5, 5.41) is 5.07. The molecular weight excluding hydrogens is 314 g/mol. The monoisotopic (exact) mass is 329 g/mol. The van der Waals surface area contributed by atoms with Gasteiger partial charge < -0.3 is 11.1 Å². The summed E-state index contributed by atoms with van der Waals surface area (Å²) >= 11 is 1.30. The van der Waals surface area contributed by atoms with Crippen molar-refractivity contribution >= 4 is 23.2 Å². The van der Waals surface area contributed by atoms with Gasteiger partial charge in [0.1, 0.15) is 5.69 Å². The number of nitrogens with zero attached hydrogens (tertiary/aromatic N) is 3. The number of carbonyl (C=O) groups is 2. The Balaban J connectivity index is 1.73. The SMILES string of the molecule is NC(=O)[C@@H]1CC=CC[C@H]1NC(=O)c1csc(-c2ncccn2)n1. The van der Waals surface area contributed by atoms with Crippen LogP contribution in [0.5, 0.6) is 0 Å². The number of rotatable bonds is 4. The molecule has 1 aliphatic carbocycles. The van der Waals surface area contributed by atoms with Gasteiger partial charge in [-0.25, -0.2) is 15.0 Å². The minimum atomic E-state index is -0.406. The van der Waals surface area contributed by atoms with E-state index in [-0.39, 0.29) is 23.6 Å². The van der Waals surface area contributed by atoms with Crippen LogP contribution in [-0.2, 0) is 4.79 Å². The minimum absolute atomic E-state index is 0.287. The Morgan fingerprint density at radius 1 is 1.22 bits per heavy atom. The van der Waals surface area contributed by atoms with E-state index in [1.54, 1.807) is 23.8 Å². The van der Waals surface area contributed by atoms with Gasteiger partial charge in [0.15, 0.2) is 10.8 Å². The predicted octanol–water partition coefficient (Wildman–Crippen LogP) is 1.15. The van der Waals surface area contributed by atoms with Crippen molar-refractivity contribution in [3.8, 4) is 10.8 Å². The summed E-state index contributed by atoms with van der Waals surface area (Å²) in [5.41, 5.74) is 5.69. The molecule has 0 bridgehead atoms. The second kappa shape index (κ2) is 6.66. The Morgan fingerprint density at radius 3 is 2.70 bits per heavy atom. The predicted molar refractivity (Wildman–Crippen MR) is 85.5 cm³/mol. The molecule has 7 nitrogen and oxygen atoms in total. The van der Waals surface area contributed by atoms with E-state index < -0.39 is 5.91 Å². The van der Waals surface area contributed by atoms with Gasteiger partial charge in [0.05, 0.1) is 5.92 Å². The van der Waals surface area contributed by atoms with Crippen LogP contribution in [0.15, 0.2) is 36.0 Å². The third kappa shape index (κ3) is 3.42. The Bertz CT molecular complexity index is 743. The first-order valence-corrected chi connectivity index (χ1v) is 8.01. The zero-order valence-electron chi connectivity index (χ0n) is 12.2. The lowest BCUT2D eigenvalue weighted by molar-refractivity contribution is -0.122. The summed E-state index contributed by atoms with van der Waals surface area (Å²) in [6.07, 6.45) is 8.21. The van der Waals surface area contributed by atoms with Crippen LogP contribution in [0.1, 0.15) is 23.3 Å². The van der Waals surface area contributed by atoms with Crippen molar-refractivity contribution in [1.29, 1.82) is 0 Å². The fourth-order valence-electron chi connectivity index (χ4n) is 2.42. The molecule has 3 N–H and O–H groups in total. The van der Waals surface area contributed by atoms with Gasteiger partial charge in [0.2, 0.25) is 5.91 Å². The van der Waals surface area contributed by atoms with Gasteiger partial charge in [-0.1, -0.05) is 12.2 Å². The van der Waals surface area contributed by atoms with Gasteiger partial charge in [-0.2, -0.15) is 0 Å². The first-order valence-electron chi connectivity index (χ1n) is 7.13. The molecule has 118 valence electrons. The zero-order valence-corrected chi connectivity index (χ0v) is 13.0. The van der Waals surface area contributed by atoms with Crippen molar-refractivity contribution in [1.82, 2.24) is 20.3 Å². The molecule has 8 heteroatoms. The molecule has 0 radical (unpaired) electrons. The first kappa shape index (κ1) is 15.3. The van der Waals surface area contributed by atoms with Crippen LogP contribution in [0.2, 0.25) is 0 Å². The number of primary amides is 1. The number of nitrogens with two attached hydrogens (primary N) is 1. The lowest BCUT2D eigenvalue weighted by atomic mass is 9.88. The van der Waals surface area contributed by atoms with Crippen LogP contribution in [0, 0.1) is 5.92 Å². The highest BCUT2D eigenvalue weighted by atomic mass is 32.1. The lowest BCUT2D eigenvalue weighted by Crippen LogP contribution is -2.46. The van der Waals surface area contributed by atoms with Crippen molar-refractivity contribution in [3.63, 3.8) is 0 Å². The molecule has 0 aromatic carbocycles. The van der Waals surface area contributed by atoms with Gasteiger partial charge in [-0.05, 0) is 18.9 Å². The van der Waals surface area contributed by atoms with Gasteiger partial charge >= 0.3 is 0 Å². The van der Waals surface area contributed by atoms with E-state index in [0.717, 1.165) is 0 Å². The van der Waals surface area contributed by atoms with E-state index in [9.17, 15) is 9.59 Å². The summed E-state index contributed by atoms with van der Waals surface area (Å²) in [5.74, 6) is -0.641. The largest absolute Gasteiger partial charge is 0.369 e. The summed E-state index contributed by atoms with van der Waals surface area (Å²) in [7, 11) is 0. The van der Waals surface area contributed by atoms with Gasteiger partial charge in [0, 0.05) is 23.8 Å². The number of amides is 2. The smallest absolute Gasteiger partial charge is 0.271 e. The highest BCUT2D eigenvalue weighted by Gasteiger charge is 2.29. The molecule has 0 fully saturated rings. The van der Waals surface area contributed by atoms with Crippen LogP contribution in [0.4, 0.5) is 0 Å². The Morgan fingerprint density at radius 2 is 1.96 bits per heavy atom. The number of carbonyl (C=O) groups excluding carboxylic acids is 2. The Kier molecular flexibility index (Phi) is 4.42. The van der Waals surface area contributed by atoms with Crippen molar-refractivity contribution < 1.29 is 9.59 Å². The third-order valence-corrected chi connectivity index (χ3v) is 4.45. The molecule has 2 amide bonds. The molecule has 2 aromatic rings. The van der Waals surface area contributed by atoms with Crippen molar-refractivity contribution in [2.75, 3.05) is 0 Å². The molecule has 3 rings (SSSR count). The van der Waals surface area contributed by atoms with Crippen molar-refractivity contribution in [2.45, 2.75) is 18.9 Å². The topological polar surface area (TPSA) is 111 Å². The molecule has 0 saturated heterocycles. The molecule has 0 saturated carbocycles. The fourth-order valence-corrected chi connectivity index (χ4v) is 3.17. The third-order valence-electron chi connectivity index (χ3n) is 3.61. The fraction of sp³-hybridized carbons (Fsp3) is 0.267. The molecule has 2 aromatic heterocycles. The summed E-state index contributed by atoms with van der Waals surface area (Å²) in [6, 6.07) is 1.41. The zero-order chi connectivity index (χ0) is 16.2. The maximum atomic E-state index is 12.3. The normalized spacial score (nSPS) is 20.2. The summed E-state index contributed by atoms with van der Waals surface area (Å²) in [4.78, 5) is 36.3. The average molecular weight is 329 g/mol. The van der Waals surface area contributed by atoms with Gasteiger partial charge in [-0.15, -0.1) is 11.3 Å². The van der Waals surface area contributed by atoms with Crippen LogP contribution in [0.3, 0.4) is 0 Å². The summed E-state index contributed by atoms with van der Waals surface area (Å²) < 4.78 is 0. The minimum Gasteiger partial charge on any atom is -0.369 e. The number of aromatic nitrogens is 3. The van der Waals surface area contributed by atoms with Crippen molar-refractivity contribution in [2.24, 2.45) is 11.7 Å². The Labute approximate surface area is 136 Å². The van der Waals surface area contributed by atoms with E-state index in [0.29, 0.717) is 23.7 Å². The second-order valence-corrected chi connectivity index (χ2v) is 6.00. The van der Waals surface area contributed by atoms with Crippen molar-refractivity contribution in [3.05, 3.63) is 41.7 Å². The van der Waals surface area contributed by atoms with E-state index in [2.05, 4.69) is 20.3 Å². The second-order valence-electron chi connectivity index (χ2n) is 5.14. The maximum absolute atomic E-state index is 12.3. The summed E-state index contributed by atoms with van der Waals surface area (Å²) in [6.45, 7) is 0. The Hall–Kier alpha value is -2.61. The quantitative estimate of drug-likeness (QED) is 0.817. The van der Waals surface area contributed by atoms with Crippen LogP contribution in [-0.4, -0.2) is 32.8 Å². The lowest BCUT2D eigenvalue weighted by Gasteiger charge is -2.26. The first-order chi connectivity index (χ1) is 11.1. The van der Waals surface area contributed by atoms with Gasteiger partial charge in [-0.3, -0.25) is 9.59 Å². The molecule has 2 heterocycles. The van der Waals surface area contributed by atoms with E-state index in [1.165, 1.54) is 11.3 Å². The molecule has 1 aliphatic rings. The standard InChI is InChI=1S/C15H15N5O2S/c16-12(21)9-4-1-2-5-10(9)19-14(22)11-8-23-15(20-11)13-17-6-3-7-18-13/h1-3,6-10H,4-5H2,(H2,16,21)(H,19,22)/t9-,10-/m1/s1.